The fourth-order valence-electron chi connectivity index (χ4n) is 4.96. The Labute approximate surface area is 192 Å². The quantitative estimate of drug-likeness (QED) is 0.216. The molecule has 0 saturated heterocycles. The summed E-state index contributed by atoms with van der Waals surface area (Å²) in [7, 11) is 2.11. The summed E-state index contributed by atoms with van der Waals surface area (Å²) in [6.07, 6.45) is 3.64. The summed E-state index contributed by atoms with van der Waals surface area (Å²) in [4.78, 5) is 0. The second-order valence-corrected chi connectivity index (χ2v) is 8.38. The second-order valence-electron chi connectivity index (χ2n) is 8.38. The summed E-state index contributed by atoms with van der Waals surface area (Å²) >= 11 is 0. The highest BCUT2D eigenvalue weighted by atomic mass is 15.2. The monoisotopic (exact) mass is 428 g/mol. The predicted octanol–water partition coefficient (Wildman–Crippen LogP) is 6.91. The Morgan fingerprint density at radius 1 is 0.606 bits per heavy atom. The highest BCUT2D eigenvalue weighted by molar-refractivity contribution is 6.10. The van der Waals surface area contributed by atoms with E-state index in [9.17, 15) is 0 Å². The van der Waals surface area contributed by atoms with Gasteiger partial charge >= 0.3 is 0 Å². The number of para-hydroxylation sites is 2. The highest BCUT2D eigenvalue weighted by Crippen LogP contribution is 2.30. The third kappa shape index (κ3) is 3.14. The van der Waals surface area contributed by atoms with Crippen LogP contribution in [0.5, 0.6) is 0 Å². The van der Waals surface area contributed by atoms with Crippen molar-refractivity contribution in [3.8, 4) is 0 Å². The molecule has 0 aliphatic rings. The average Bonchev–Trinajstić information content (AvgIpc) is 3.33. The van der Waals surface area contributed by atoms with E-state index in [1.807, 2.05) is 12.4 Å². The van der Waals surface area contributed by atoms with Crippen LogP contribution in [0.4, 0.5) is 0 Å². The third-order valence-electron chi connectivity index (χ3n) is 6.53. The first-order valence-electron chi connectivity index (χ1n) is 11.3. The summed E-state index contributed by atoms with van der Waals surface area (Å²) in [6, 6.07) is 30.0. The van der Waals surface area contributed by atoms with Gasteiger partial charge in [-0.1, -0.05) is 48.5 Å². The maximum Gasteiger partial charge on any atom is 0.0568 e. The van der Waals surface area contributed by atoms with Gasteiger partial charge in [0, 0.05) is 57.2 Å². The highest BCUT2D eigenvalue weighted by Gasteiger charge is 2.09. The van der Waals surface area contributed by atoms with E-state index >= 15 is 0 Å². The normalized spacial score (nSPS) is 12.4. The maximum absolute atomic E-state index is 4.33. The topological polar surface area (TPSA) is 34.6 Å². The summed E-state index contributed by atoms with van der Waals surface area (Å²) < 4.78 is 4.59. The van der Waals surface area contributed by atoms with Gasteiger partial charge in [0.1, 0.15) is 0 Å². The summed E-state index contributed by atoms with van der Waals surface area (Å²) in [5.41, 5.74) is 7.06. The minimum Gasteiger partial charge on any atom is -0.344 e. The zero-order valence-electron chi connectivity index (χ0n) is 18.7. The first-order valence-corrected chi connectivity index (χ1v) is 11.3. The lowest BCUT2D eigenvalue weighted by molar-refractivity contribution is 0.827. The van der Waals surface area contributed by atoms with E-state index in [-0.39, 0.29) is 0 Å². The van der Waals surface area contributed by atoms with E-state index in [2.05, 4.69) is 118 Å². The molecule has 6 rings (SSSR count). The van der Waals surface area contributed by atoms with Crippen molar-refractivity contribution in [2.75, 3.05) is 0 Å². The minimum atomic E-state index is 0.947. The summed E-state index contributed by atoms with van der Waals surface area (Å²) in [5.74, 6) is 0. The van der Waals surface area contributed by atoms with Crippen LogP contribution in [-0.2, 0) is 13.6 Å². The standard InChI is InChI=1S/C29H24N4/c1-3-33-28-11-7-5-9-23(28)25-17-21(13-15-29(25)33)19-31-30-18-20-12-14-27-24(16-20)22-8-4-6-10-26(22)32(27)2/h4-19H,3H2,1-2H3. The van der Waals surface area contributed by atoms with Crippen LogP contribution in [-0.4, -0.2) is 21.6 Å². The van der Waals surface area contributed by atoms with E-state index in [0.717, 1.165) is 17.7 Å². The van der Waals surface area contributed by atoms with E-state index in [1.54, 1.807) is 0 Å². The van der Waals surface area contributed by atoms with Crippen LogP contribution in [0.1, 0.15) is 18.1 Å². The lowest BCUT2D eigenvalue weighted by atomic mass is 10.1. The van der Waals surface area contributed by atoms with Gasteiger partial charge in [-0.3, -0.25) is 0 Å². The van der Waals surface area contributed by atoms with Gasteiger partial charge in [0.2, 0.25) is 0 Å². The molecule has 33 heavy (non-hydrogen) atoms. The fourth-order valence-corrected chi connectivity index (χ4v) is 4.96. The van der Waals surface area contributed by atoms with Crippen molar-refractivity contribution in [2.45, 2.75) is 13.5 Å². The van der Waals surface area contributed by atoms with Gasteiger partial charge in [0.15, 0.2) is 0 Å². The van der Waals surface area contributed by atoms with Crippen LogP contribution >= 0.6 is 0 Å². The van der Waals surface area contributed by atoms with Crippen molar-refractivity contribution >= 4 is 56.0 Å². The Bertz CT molecular complexity index is 1710. The van der Waals surface area contributed by atoms with Crippen molar-refractivity contribution in [2.24, 2.45) is 17.3 Å². The van der Waals surface area contributed by atoms with E-state index in [0.29, 0.717) is 0 Å². The first-order chi connectivity index (χ1) is 16.2. The van der Waals surface area contributed by atoms with Crippen LogP contribution in [0.25, 0.3) is 43.6 Å². The van der Waals surface area contributed by atoms with Gasteiger partial charge in [-0.25, -0.2) is 0 Å². The molecule has 0 amide bonds. The molecule has 4 aromatic carbocycles. The Balaban J connectivity index is 1.31. The van der Waals surface area contributed by atoms with E-state index in [1.165, 1.54) is 43.6 Å². The molecule has 4 nitrogen and oxygen atoms in total. The van der Waals surface area contributed by atoms with Crippen LogP contribution in [0.3, 0.4) is 0 Å². The van der Waals surface area contributed by atoms with Gasteiger partial charge < -0.3 is 9.13 Å². The van der Waals surface area contributed by atoms with Gasteiger partial charge in [-0.15, -0.1) is 0 Å². The Hall–Kier alpha value is -4.18. The van der Waals surface area contributed by atoms with Crippen LogP contribution in [0.15, 0.2) is 95.1 Å². The molecule has 0 radical (unpaired) electrons. The fraction of sp³-hybridized carbons (Fsp3) is 0.103. The molecule has 6 aromatic rings. The van der Waals surface area contributed by atoms with Crippen LogP contribution in [0, 0.1) is 0 Å². The molecule has 0 spiro atoms. The van der Waals surface area contributed by atoms with Gasteiger partial charge in [0.25, 0.3) is 0 Å². The molecule has 0 saturated carbocycles. The molecule has 160 valence electrons. The molecular weight excluding hydrogens is 404 g/mol. The third-order valence-corrected chi connectivity index (χ3v) is 6.53. The smallest absolute Gasteiger partial charge is 0.0568 e. The Kier molecular flexibility index (Phi) is 4.58. The number of hydrogen-bond acceptors (Lipinski definition) is 2. The number of fused-ring (bicyclic) bond motifs is 6. The first kappa shape index (κ1) is 19.5. The molecule has 0 unspecified atom stereocenters. The molecule has 2 heterocycles. The minimum absolute atomic E-state index is 0.947. The number of aromatic nitrogens is 2. The Morgan fingerprint density at radius 3 is 1.76 bits per heavy atom. The Morgan fingerprint density at radius 2 is 1.09 bits per heavy atom. The zero-order chi connectivity index (χ0) is 22.4. The molecule has 0 N–H and O–H groups in total. The molecule has 2 aromatic heterocycles. The number of hydrogen-bond donors (Lipinski definition) is 0. The van der Waals surface area contributed by atoms with Crippen molar-refractivity contribution in [3.63, 3.8) is 0 Å². The molecule has 0 aliphatic heterocycles. The van der Waals surface area contributed by atoms with Crippen molar-refractivity contribution in [1.82, 2.24) is 9.13 Å². The zero-order valence-corrected chi connectivity index (χ0v) is 18.7. The summed E-state index contributed by atoms with van der Waals surface area (Å²) in [5, 5.41) is 13.7. The average molecular weight is 429 g/mol. The van der Waals surface area contributed by atoms with E-state index < -0.39 is 0 Å². The van der Waals surface area contributed by atoms with Crippen molar-refractivity contribution in [3.05, 3.63) is 96.1 Å². The number of nitrogens with zero attached hydrogens (tertiary/aromatic N) is 4. The van der Waals surface area contributed by atoms with Gasteiger partial charge in [-0.2, -0.15) is 10.2 Å². The second kappa shape index (κ2) is 7.75. The van der Waals surface area contributed by atoms with E-state index in [4.69, 9.17) is 0 Å². The van der Waals surface area contributed by atoms with Crippen LogP contribution in [0.2, 0.25) is 0 Å². The molecule has 0 fully saturated rings. The van der Waals surface area contributed by atoms with Crippen LogP contribution < -0.4 is 0 Å². The number of benzene rings is 4. The van der Waals surface area contributed by atoms with Gasteiger partial charge in [-0.05, 0) is 54.4 Å². The van der Waals surface area contributed by atoms with Crippen molar-refractivity contribution in [1.29, 1.82) is 0 Å². The maximum atomic E-state index is 4.33. The molecule has 0 aliphatic carbocycles. The molecule has 0 bridgehead atoms. The van der Waals surface area contributed by atoms with Gasteiger partial charge in [0.05, 0.1) is 12.4 Å². The number of rotatable bonds is 4. The lowest BCUT2D eigenvalue weighted by Crippen LogP contribution is -1.92. The lowest BCUT2D eigenvalue weighted by Gasteiger charge is -2.02. The SMILES string of the molecule is CCn1c2ccccc2c2cc(C=NN=Cc3ccc4c(c3)c3ccccc3n4C)ccc21. The largest absolute Gasteiger partial charge is 0.344 e. The van der Waals surface area contributed by atoms with Crippen molar-refractivity contribution < 1.29 is 0 Å². The number of aryl methyl sites for hydroxylation is 2. The molecule has 0 atom stereocenters. The molecule has 4 heteroatoms. The predicted molar refractivity (Wildman–Crippen MR) is 141 cm³/mol. The summed E-state index contributed by atoms with van der Waals surface area (Å²) in [6.45, 7) is 3.13. The molecular formula is C29H24N4.